The smallest absolute Gasteiger partial charge is 0.123 e. The summed E-state index contributed by atoms with van der Waals surface area (Å²) in [7, 11) is 0. The predicted octanol–water partition coefficient (Wildman–Crippen LogP) is 4.53. The van der Waals surface area contributed by atoms with Gasteiger partial charge < -0.3 is 5.73 Å². The summed E-state index contributed by atoms with van der Waals surface area (Å²) in [6.45, 7) is 0.454. The second kappa shape index (κ2) is 6.51. The fourth-order valence-corrected chi connectivity index (χ4v) is 2.80. The molecule has 0 spiro atoms. The third kappa shape index (κ3) is 3.78. The Bertz CT molecular complexity index is 574. The van der Waals surface area contributed by atoms with E-state index in [4.69, 9.17) is 17.3 Å². The molecule has 0 fully saturated rings. The summed E-state index contributed by atoms with van der Waals surface area (Å²) in [6.07, 6.45) is 0.700. The maximum atomic E-state index is 13.3. The monoisotopic (exact) mass is 341 g/mol. The van der Waals surface area contributed by atoms with Gasteiger partial charge in [-0.25, -0.2) is 4.39 Å². The summed E-state index contributed by atoms with van der Waals surface area (Å²) < 4.78 is 14.2. The molecule has 1 atom stereocenters. The van der Waals surface area contributed by atoms with Gasteiger partial charge in [-0.05, 0) is 48.4 Å². The maximum absolute atomic E-state index is 13.3. The SMILES string of the molecule is NCC(Cc1ccc(Br)cc1Cl)c1cccc(F)c1. The van der Waals surface area contributed by atoms with Crippen molar-refractivity contribution in [1.29, 1.82) is 0 Å². The molecule has 1 unspecified atom stereocenters. The summed E-state index contributed by atoms with van der Waals surface area (Å²) in [4.78, 5) is 0. The van der Waals surface area contributed by atoms with Gasteiger partial charge in [0.15, 0.2) is 0 Å². The lowest BCUT2D eigenvalue weighted by Gasteiger charge is -2.16. The van der Waals surface area contributed by atoms with Crippen molar-refractivity contribution >= 4 is 27.5 Å². The van der Waals surface area contributed by atoms with Crippen molar-refractivity contribution in [2.24, 2.45) is 5.73 Å². The van der Waals surface area contributed by atoms with Gasteiger partial charge in [-0.2, -0.15) is 0 Å². The number of rotatable bonds is 4. The molecule has 0 aliphatic rings. The molecule has 0 aliphatic heterocycles. The first kappa shape index (κ1) is 14.5. The predicted molar refractivity (Wildman–Crippen MR) is 81.1 cm³/mol. The van der Waals surface area contributed by atoms with Crippen LogP contribution in [0.4, 0.5) is 4.39 Å². The summed E-state index contributed by atoms with van der Waals surface area (Å²) >= 11 is 9.58. The lowest BCUT2D eigenvalue weighted by Crippen LogP contribution is -2.15. The Morgan fingerprint density at radius 3 is 2.63 bits per heavy atom. The molecule has 2 rings (SSSR count). The van der Waals surface area contributed by atoms with E-state index in [1.165, 1.54) is 12.1 Å². The van der Waals surface area contributed by atoms with Gasteiger partial charge in [-0.15, -0.1) is 0 Å². The molecule has 19 heavy (non-hydrogen) atoms. The van der Waals surface area contributed by atoms with Crippen LogP contribution in [0.1, 0.15) is 17.0 Å². The Morgan fingerprint density at radius 2 is 2.00 bits per heavy atom. The van der Waals surface area contributed by atoms with Crippen molar-refractivity contribution < 1.29 is 4.39 Å². The van der Waals surface area contributed by atoms with E-state index in [9.17, 15) is 4.39 Å². The highest BCUT2D eigenvalue weighted by Crippen LogP contribution is 2.27. The van der Waals surface area contributed by atoms with E-state index in [2.05, 4.69) is 15.9 Å². The van der Waals surface area contributed by atoms with Crippen LogP contribution in [0.2, 0.25) is 5.02 Å². The molecule has 0 aliphatic carbocycles. The van der Waals surface area contributed by atoms with Gasteiger partial charge in [0.2, 0.25) is 0 Å². The van der Waals surface area contributed by atoms with Crippen LogP contribution in [0.3, 0.4) is 0 Å². The van der Waals surface area contributed by atoms with E-state index in [-0.39, 0.29) is 11.7 Å². The second-order valence-electron chi connectivity index (χ2n) is 4.43. The highest BCUT2D eigenvalue weighted by Gasteiger charge is 2.13. The van der Waals surface area contributed by atoms with Crippen LogP contribution in [0.25, 0.3) is 0 Å². The molecule has 0 saturated carbocycles. The number of hydrogen-bond donors (Lipinski definition) is 1. The van der Waals surface area contributed by atoms with E-state index in [0.29, 0.717) is 18.0 Å². The van der Waals surface area contributed by atoms with Gasteiger partial charge in [0.25, 0.3) is 0 Å². The molecule has 0 amide bonds. The van der Waals surface area contributed by atoms with Gasteiger partial charge in [0.05, 0.1) is 0 Å². The molecule has 2 aromatic rings. The quantitative estimate of drug-likeness (QED) is 0.868. The molecule has 0 aromatic heterocycles. The molecular formula is C15H14BrClFN. The average Bonchev–Trinajstić information content (AvgIpc) is 2.38. The van der Waals surface area contributed by atoms with E-state index >= 15 is 0 Å². The molecule has 1 nitrogen and oxygen atoms in total. The highest BCUT2D eigenvalue weighted by molar-refractivity contribution is 9.10. The van der Waals surface area contributed by atoms with Crippen molar-refractivity contribution in [3.05, 3.63) is 68.9 Å². The van der Waals surface area contributed by atoms with Crippen molar-refractivity contribution in [1.82, 2.24) is 0 Å². The topological polar surface area (TPSA) is 26.0 Å². The number of nitrogens with two attached hydrogens (primary N) is 1. The Kier molecular flexibility index (Phi) is 4.97. The van der Waals surface area contributed by atoms with Crippen molar-refractivity contribution in [2.45, 2.75) is 12.3 Å². The summed E-state index contributed by atoms with van der Waals surface area (Å²) in [5.74, 6) is -0.174. The molecule has 0 radical (unpaired) electrons. The summed E-state index contributed by atoms with van der Waals surface area (Å²) in [5.41, 5.74) is 7.73. The van der Waals surface area contributed by atoms with Crippen LogP contribution in [0, 0.1) is 5.82 Å². The third-order valence-corrected chi connectivity index (χ3v) is 3.93. The fourth-order valence-electron chi connectivity index (χ4n) is 2.05. The second-order valence-corrected chi connectivity index (χ2v) is 5.75. The minimum absolute atomic E-state index is 0.0642. The first-order chi connectivity index (χ1) is 9.10. The largest absolute Gasteiger partial charge is 0.330 e. The Labute approximate surface area is 125 Å². The fraction of sp³-hybridized carbons (Fsp3) is 0.200. The summed E-state index contributed by atoms with van der Waals surface area (Å²) in [5, 5.41) is 0.698. The zero-order valence-corrected chi connectivity index (χ0v) is 12.6. The lowest BCUT2D eigenvalue weighted by atomic mass is 9.92. The van der Waals surface area contributed by atoms with Crippen molar-refractivity contribution in [2.75, 3.05) is 6.54 Å². The lowest BCUT2D eigenvalue weighted by molar-refractivity contribution is 0.616. The molecule has 0 bridgehead atoms. The van der Waals surface area contributed by atoms with E-state index in [1.807, 2.05) is 24.3 Å². The molecule has 2 aromatic carbocycles. The molecule has 100 valence electrons. The molecule has 0 saturated heterocycles. The first-order valence-corrected chi connectivity index (χ1v) is 7.16. The van der Waals surface area contributed by atoms with Gasteiger partial charge in [-0.1, -0.05) is 45.7 Å². The Balaban J connectivity index is 2.24. The number of hydrogen-bond acceptors (Lipinski definition) is 1. The maximum Gasteiger partial charge on any atom is 0.123 e. The Hall–Kier alpha value is -0.900. The Morgan fingerprint density at radius 1 is 1.21 bits per heavy atom. The number of benzene rings is 2. The van der Waals surface area contributed by atoms with Gasteiger partial charge in [0, 0.05) is 15.4 Å². The highest BCUT2D eigenvalue weighted by atomic mass is 79.9. The average molecular weight is 343 g/mol. The first-order valence-electron chi connectivity index (χ1n) is 5.99. The number of halogens is 3. The van der Waals surface area contributed by atoms with E-state index in [1.54, 1.807) is 6.07 Å². The molecule has 4 heteroatoms. The normalized spacial score (nSPS) is 12.4. The minimum Gasteiger partial charge on any atom is -0.330 e. The van der Waals surface area contributed by atoms with Crippen molar-refractivity contribution in [3.8, 4) is 0 Å². The molecular weight excluding hydrogens is 329 g/mol. The standard InChI is InChI=1S/C15H14BrClFN/c16-13-5-4-11(15(17)8-13)6-12(9-19)10-2-1-3-14(18)7-10/h1-5,7-8,12H,6,9,19H2. The molecule has 2 N–H and O–H groups in total. The van der Waals surface area contributed by atoms with Crippen LogP contribution < -0.4 is 5.73 Å². The van der Waals surface area contributed by atoms with Crippen LogP contribution in [-0.2, 0) is 6.42 Å². The van der Waals surface area contributed by atoms with Crippen LogP contribution in [0.5, 0.6) is 0 Å². The van der Waals surface area contributed by atoms with E-state index in [0.717, 1.165) is 15.6 Å². The van der Waals surface area contributed by atoms with Gasteiger partial charge in [-0.3, -0.25) is 0 Å². The third-order valence-electron chi connectivity index (χ3n) is 3.09. The van der Waals surface area contributed by atoms with E-state index < -0.39 is 0 Å². The zero-order valence-electron chi connectivity index (χ0n) is 10.2. The van der Waals surface area contributed by atoms with Crippen LogP contribution in [0.15, 0.2) is 46.9 Å². The minimum atomic E-state index is -0.238. The van der Waals surface area contributed by atoms with Crippen LogP contribution >= 0.6 is 27.5 Å². The van der Waals surface area contributed by atoms with Gasteiger partial charge >= 0.3 is 0 Å². The van der Waals surface area contributed by atoms with Crippen molar-refractivity contribution in [3.63, 3.8) is 0 Å². The summed E-state index contributed by atoms with van der Waals surface area (Å²) in [6, 6.07) is 12.3. The zero-order chi connectivity index (χ0) is 13.8. The van der Waals surface area contributed by atoms with Crippen LogP contribution in [-0.4, -0.2) is 6.54 Å². The van der Waals surface area contributed by atoms with Gasteiger partial charge in [0.1, 0.15) is 5.82 Å². The molecule has 0 heterocycles.